The van der Waals surface area contributed by atoms with Crippen molar-refractivity contribution in [3.63, 3.8) is 0 Å². The van der Waals surface area contributed by atoms with Crippen LogP contribution in [0.4, 0.5) is 0 Å². The van der Waals surface area contributed by atoms with Crippen LogP contribution in [0, 0.1) is 11.8 Å². The Bertz CT molecular complexity index is 1090. The van der Waals surface area contributed by atoms with Crippen molar-refractivity contribution in [1.82, 2.24) is 5.32 Å². The van der Waals surface area contributed by atoms with Gasteiger partial charge in [0.1, 0.15) is 5.92 Å². The third kappa shape index (κ3) is 4.59. The number of ketones is 1. The lowest BCUT2D eigenvalue weighted by Crippen LogP contribution is -2.43. The van der Waals surface area contributed by atoms with E-state index in [4.69, 9.17) is 23.7 Å². The molecular weight excluding hydrogens is 454 g/mol. The summed E-state index contributed by atoms with van der Waals surface area (Å²) in [7, 11) is 5.73. The van der Waals surface area contributed by atoms with Crippen LogP contribution < -0.4 is 19.5 Å². The highest BCUT2D eigenvalue weighted by Crippen LogP contribution is 2.51. The number of Topliss-reactive ketones (excluding diaryl/α,β-unsaturated/α-hetero) is 1. The average Bonchev–Trinajstić information content (AvgIpc) is 2.84. The van der Waals surface area contributed by atoms with Crippen molar-refractivity contribution < 1.29 is 38.1 Å². The third-order valence-corrected chi connectivity index (χ3v) is 6.45. The molecule has 0 saturated carbocycles. The third-order valence-electron chi connectivity index (χ3n) is 6.45. The van der Waals surface area contributed by atoms with E-state index < -0.39 is 29.6 Å². The van der Waals surface area contributed by atoms with Gasteiger partial charge in [-0.2, -0.15) is 0 Å². The number of hydrogen-bond donors (Lipinski definition) is 1. The molecule has 3 rings (SSSR count). The monoisotopic (exact) mass is 487 g/mol. The first-order valence-corrected chi connectivity index (χ1v) is 11.5. The molecule has 0 saturated heterocycles. The van der Waals surface area contributed by atoms with E-state index in [1.165, 1.54) is 28.4 Å². The molecule has 1 aliphatic carbocycles. The molecule has 9 nitrogen and oxygen atoms in total. The van der Waals surface area contributed by atoms with Gasteiger partial charge in [0.05, 0.1) is 46.5 Å². The van der Waals surface area contributed by atoms with Crippen LogP contribution in [0.15, 0.2) is 34.7 Å². The van der Waals surface area contributed by atoms with E-state index in [1.807, 2.05) is 13.8 Å². The number of rotatable bonds is 8. The minimum absolute atomic E-state index is 0.229. The topological polar surface area (TPSA) is 109 Å². The maximum absolute atomic E-state index is 13.9. The molecule has 35 heavy (non-hydrogen) atoms. The fourth-order valence-corrected chi connectivity index (χ4v) is 4.89. The summed E-state index contributed by atoms with van der Waals surface area (Å²) in [5.74, 6) is -2.59. The van der Waals surface area contributed by atoms with E-state index in [0.29, 0.717) is 52.6 Å². The summed E-state index contributed by atoms with van der Waals surface area (Å²) in [6.07, 6.45) is 1.08. The number of benzene rings is 1. The van der Waals surface area contributed by atoms with E-state index in [2.05, 4.69) is 5.32 Å². The molecular formula is C26H33NO8. The summed E-state index contributed by atoms with van der Waals surface area (Å²) in [5, 5.41) is 3.24. The molecule has 1 heterocycles. The standard InChI is InChI=1S/C26H33NO8/c1-8-11-35-26(30)19-14(3)27-16-12-13(2)18(25(29)34-7)22(28)21(16)20(19)15-9-10-17(31-4)24(33-6)23(15)32-5/h9-10,13,18,20,27H,8,11-12H2,1-7H3. The first-order valence-electron chi connectivity index (χ1n) is 11.5. The molecule has 1 N–H and O–H groups in total. The van der Waals surface area contributed by atoms with Gasteiger partial charge in [0.2, 0.25) is 5.75 Å². The molecule has 3 unspecified atom stereocenters. The highest BCUT2D eigenvalue weighted by Gasteiger charge is 2.48. The smallest absolute Gasteiger partial charge is 0.336 e. The van der Waals surface area contributed by atoms with Gasteiger partial charge in [-0.05, 0) is 31.7 Å². The van der Waals surface area contributed by atoms with Crippen molar-refractivity contribution in [3.05, 3.63) is 40.2 Å². The van der Waals surface area contributed by atoms with Crippen LogP contribution in [-0.2, 0) is 23.9 Å². The fraction of sp³-hybridized carbons (Fsp3) is 0.500. The zero-order valence-corrected chi connectivity index (χ0v) is 21.3. The minimum atomic E-state index is -0.986. The van der Waals surface area contributed by atoms with Crippen LogP contribution in [0.3, 0.4) is 0 Å². The number of ether oxygens (including phenoxy) is 5. The summed E-state index contributed by atoms with van der Waals surface area (Å²) in [4.78, 5) is 39.7. The van der Waals surface area contributed by atoms with Crippen molar-refractivity contribution in [2.45, 2.75) is 39.5 Å². The van der Waals surface area contributed by atoms with Gasteiger partial charge in [0, 0.05) is 22.5 Å². The Kier molecular flexibility index (Phi) is 8.09. The molecule has 0 radical (unpaired) electrons. The maximum atomic E-state index is 13.9. The molecule has 1 aromatic carbocycles. The van der Waals surface area contributed by atoms with Crippen molar-refractivity contribution in [2.75, 3.05) is 35.0 Å². The number of methoxy groups -OCH3 is 4. The second-order valence-corrected chi connectivity index (χ2v) is 8.59. The van der Waals surface area contributed by atoms with Gasteiger partial charge < -0.3 is 29.0 Å². The number of allylic oxidation sites excluding steroid dienone is 3. The molecule has 2 aliphatic rings. The van der Waals surface area contributed by atoms with Crippen molar-refractivity contribution in [3.8, 4) is 17.2 Å². The maximum Gasteiger partial charge on any atom is 0.336 e. The number of hydrogen-bond acceptors (Lipinski definition) is 9. The zero-order chi connectivity index (χ0) is 25.9. The Labute approximate surface area is 205 Å². The number of carbonyl (C=O) groups excluding carboxylic acids is 3. The quantitative estimate of drug-likeness (QED) is 0.436. The zero-order valence-electron chi connectivity index (χ0n) is 21.3. The van der Waals surface area contributed by atoms with Crippen LogP contribution in [0.5, 0.6) is 17.2 Å². The Hall–Kier alpha value is -3.49. The van der Waals surface area contributed by atoms with E-state index in [-0.39, 0.29) is 18.1 Å². The Morgan fingerprint density at radius 2 is 1.74 bits per heavy atom. The number of carbonyl (C=O) groups is 3. The Balaban J connectivity index is 2.30. The predicted molar refractivity (Wildman–Crippen MR) is 127 cm³/mol. The van der Waals surface area contributed by atoms with Gasteiger partial charge in [0.15, 0.2) is 17.3 Å². The molecule has 190 valence electrons. The van der Waals surface area contributed by atoms with Gasteiger partial charge in [-0.1, -0.05) is 19.9 Å². The first kappa shape index (κ1) is 26.1. The molecule has 1 aromatic rings. The van der Waals surface area contributed by atoms with Crippen LogP contribution >= 0.6 is 0 Å². The Morgan fingerprint density at radius 3 is 2.31 bits per heavy atom. The highest BCUT2D eigenvalue weighted by molar-refractivity contribution is 6.12. The second-order valence-electron chi connectivity index (χ2n) is 8.59. The van der Waals surface area contributed by atoms with Crippen LogP contribution in [0.1, 0.15) is 45.1 Å². The first-order chi connectivity index (χ1) is 16.7. The average molecular weight is 488 g/mol. The summed E-state index contributed by atoms with van der Waals surface area (Å²) < 4.78 is 27.1. The molecule has 0 amide bonds. The normalized spacial score (nSPS) is 21.7. The number of nitrogens with one attached hydrogen (secondary N) is 1. The summed E-state index contributed by atoms with van der Waals surface area (Å²) in [5.41, 5.74) is 2.35. The fourth-order valence-electron chi connectivity index (χ4n) is 4.89. The summed E-state index contributed by atoms with van der Waals surface area (Å²) in [6, 6.07) is 3.43. The highest BCUT2D eigenvalue weighted by atomic mass is 16.5. The van der Waals surface area contributed by atoms with Crippen molar-refractivity contribution in [2.24, 2.45) is 11.8 Å². The molecule has 3 atom stereocenters. The lowest BCUT2D eigenvalue weighted by molar-refractivity contribution is -0.151. The molecule has 1 aliphatic heterocycles. The van der Waals surface area contributed by atoms with E-state index >= 15 is 0 Å². The molecule has 0 spiro atoms. The van der Waals surface area contributed by atoms with Gasteiger partial charge in [0.25, 0.3) is 0 Å². The SMILES string of the molecule is CCCOC(=O)C1=C(C)NC2=C(C(=O)C(C(=O)OC)C(C)C2)C1c1ccc(OC)c(OC)c1OC. The van der Waals surface area contributed by atoms with Crippen LogP contribution in [-0.4, -0.2) is 52.8 Å². The lowest BCUT2D eigenvalue weighted by Gasteiger charge is -2.38. The van der Waals surface area contributed by atoms with Gasteiger partial charge in [-0.3, -0.25) is 9.59 Å². The molecule has 0 fully saturated rings. The summed E-state index contributed by atoms with van der Waals surface area (Å²) >= 11 is 0. The number of dihydropyridines is 1. The number of esters is 2. The summed E-state index contributed by atoms with van der Waals surface area (Å²) in [6.45, 7) is 5.73. The van der Waals surface area contributed by atoms with E-state index in [9.17, 15) is 14.4 Å². The van der Waals surface area contributed by atoms with Gasteiger partial charge in [-0.25, -0.2) is 4.79 Å². The van der Waals surface area contributed by atoms with E-state index in [1.54, 1.807) is 19.1 Å². The van der Waals surface area contributed by atoms with Gasteiger partial charge >= 0.3 is 11.9 Å². The van der Waals surface area contributed by atoms with E-state index in [0.717, 1.165) is 0 Å². The lowest BCUT2D eigenvalue weighted by atomic mass is 9.69. The largest absolute Gasteiger partial charge is 0.493 e. The Morgan fingerprint density at radius 1 is 1.06 bits per heavy atom. The second kappa shape index (κ2) is 10.8. The molecule has 0 aromatic heterocycles. The molecule has 9 heteroatoms. The van der Waals surface area contributed by atoms with Crippen molar-refractivity contribution in [1.29, 1.82) is 0 Å². The van der Waals surface area contributed by atoms with Crippen LogP contribution in [0.2, 0.25) is 0 Å². The minimum Gasteiger partial charge on any atom is -0.493 e. The molecule has 0 bridgehead atoms. The van der Waals surface area contributed by atoms with Crippen LogP contribution in [0.25, 0.3) is 0 Å². The predicted octanol–water partition coefficient (Wildman–Crippen LogP) is 3.28. The van der Waals surface area contributed by atoms with Crippen molar-refractivity contribution >= 4 is 17.7 Å². The van der Waals surface area contributed by atoms with Gasteiger partial charge in [-0.15, -0.1) is 0 Å².